The van der Waals surface area contributed by atoms with Crippen LogP contribution in [0.5, 0.6) is 0 Å². The summed E-state index contributed by atoms with van der Waals surface area (Å²) >= 11 is 0. The molecule has 0 saturated carbocycles. The van der Waals surface area contributed by atoms with Crippen molar-refractivity contribution in [1.82, 2.24) is 5.32 Å². The van der Waals surface area contributed by atoms with Gasteiger partial charge in [-0.1, -0.05) is 62.7 Å². The monoisotopic (exact) mass is 501 g/mol. The van der Waals surface area contributed by atoms with Crippen LogP contribution in [-0.4, -0.2) is 23.8 Å². The van der Waals surface area contributed by atoms with Crippen molar-refractivity contribution in [2.75, 3.05) is 10.6 Å². The molecule has 0 saturated heterocycles. The Balaban J connectivity index is 1.72. The number of amides is 3. The van der Waals surface area contributed by atoms with Gasteiger partial charge in [-0.3, -0.25) is 14.4 Å². The molecule has 4 rings (SSSR count). The second kappa shape index (κ2) is 10.9. The molecule has 0 bridgehead atoms. The lowest BCUT2D eigenvalue weighted by Crippen LogP contribution is -2.52. The molecule has 1 aliphatic rings. The summed E-state index contributed by atoms with van der Waals surface area (Å²) in [6.07, 6.45) is 1.16. The molecule has 3 N–H and O–H groups in total. The fraction of sp³-hybridized carbons (Fsp3) is 0.300. The second-order valence-electron chi connectivity index (χ2n) is 9.73. The standard InChI is InChI=1S/C30H32FN3O3/c1-4-18(2)16-25(33-27(35)17-20-12-14-21(31)15-13-20)30(37)34-26-11-7-10-24(32)28(26)23-9-6-5-8-22(23)19(3)29(34)36/h5-15,18-19,25H,4,16-17,32H2,1-3H3,(H,33,35)/t18?,19?,25-/m0/s1. The first-order valence-corrected chi connectivity index (χ1v) is 12.6. The van der Waals surface area contributed by atoms with Crippen LogP contribution in [0.1, 0.15) is 50.7 Å². The molecular weight excluding hydrogens is 469 g/mol. The molecule has 1 heterocycles. The van der Waals surface area contributed by atoms with Crippen molar-refractivity contribution < 1.29 is 18.8 Å². The number of nitrogens with zero attached hydrogens (tertiary/aromatic N) is 1. The van der Waals surface area contributed by atoms with Crippen molar-refractivity contribution in [3.05, 3.63) is 83.7 Å². The molecule has 1 aliphatic heterocycles. The highest BCUT2D eigenvalue weighted by Gasteiger charge is 2.39. The smallest absolute Gasteiger partial charge is 0.256 e. The van der Waals surface area contributed by atoms with Crippen molar-refractivity contribution in [3.8, 4) is 11.1 Å². The van der Waals surface area contributed by atoms with Crippen LogP contribution in [-0.2, 0) is 20.8 Å². The van der Waals surface area contributed by atoms with E-state index in [4.69, 9.17) is 5.73 Å². The molecule has 0 spiro atoms. The van der Waals surface area contributed by atoms with E-state index in [1.165, 1.54) is 29.2 Å². The van der Waals surface area contributed by atoms with Crippen LogP contribution >= 0.6 is 0 Å². The van der Waals surface area contributed by atoms with Gasteiger partial charge in [0.1, 0.15) is 11.9 Å². The van der Waals surface area contributed by atoms with Gasteiger partial charge in [0.15, 0.2) is 0 Å². The molecule has 37 heavy (non-hydrogen) atoms. The second-order valence-corrected chi connectivity index (χ2v) is 9.73. The topological polar surface area (TPSA) is 92.5 Å². The first kappa shape index (κ1) is 26.1. The van der Waals surface area contributed by atoms with Crippen LogP contribution in [0, 0.1) is 11.7 Å². The minimum Gasteiger partial charge on any atom is -0.398 e. The summed E-state index contributed by atoms with van der Waals surface area (Å²) < 4.78 is 13.3. The maximum absolute atomic E-state index is 14.1. The average molecular weight is 502 g/mol. The SMILES string of the molecule is CCC(C)C[C@H](NC(=O)Cc1ccc(F)cc1)C(=O)N1C(=O)C(C)c2ccccc2-c2c(N)cccc21. The number of nitrogens with two attached hydrogens (primary N) is 1. The molecule has 192 valence electrons. The van der Waals surface area contributed by atoms with Crippen molar-refractivity contribution in [3.63, 3.8) is 0 Å². The first-order valence-electron chi connectivity index (χ1n) is 12.6. The molecule has 3 aromatic rings. The molecule has 3 atom stereocenters. The van der Waals surface area contributed by atoms with Crippen LogP contribution in [0.15, 0.2) is 66.7 Å². The largest absolute Gasteiger partial charge is 0.398 e. The number of benzene rings is 3. The molecule has 7 heteroatoms. The van der Waals surface area contributed by atoms with Crippen LogP contribution < -0.4 is 16.0 Å². The minimum absolute atomic E-state index is 0.0100. The fourth-order valence-corrected chi connectivity index (χ4v) is 4.79. The fourth-order valence-electron chi connectivity index (χ4n) is 4.79. The van der Waals surface area contributed by atoms with Gasteiger partial charge in [0, 0.05) is 11.3 Å². The highest BCUT2D eigenvalue weighted by atomic mass is 19.1. The Morgan fingerprint density at radius 1 is 1.05 bits per heavy atom. The Morgan fingerprint density at radius 3 is 2.46 bits per heavy atom. The first-order chi connectivity index (χ1) is 17.7. The van der Waals surface area contributed by atoms with E-state index < -0.39 is 17.9 Å². The number of carbonyl (C=O) groups excluding carboxylic acids is 3. The van der Waals surface area contributed by atoms with Gasteiger partial charge in [-0.05, 0) is 60.2 Å². The zero-order valence-corrected chi connectivity index (χ0v) is 21.3. The Kier molecular flexibility index (Phi) is 7.71. The summed E-state index contributed by atoms with van der Waals surface area (Å²) in [6, 6.07) is 17.5. The molecule has 0 aliphatic carbocycles. The Bertz CT molecular complexity index is 1320. The number of halogens is 1. The molecule has 3 aromatic carbocycles. The lowest BCUT2D eigenvalue weighted by molar-refractivity contribution is -0.131. The number of hydrogen-bond acceptors (Lipinski definition) is 4. The van der Waals surface area contributed by atoms with Crippen molar-refractivity contribution >= 4 is 29.1 Å². The van der Waals surface area contributed by atoms with E-state index >= 15 is 0 Å². The summed E-state index contributed by atoms with van der Waals surface area (Å²) in [7, 11) is 0. The number of nitrogens with one attached hydrogen (secondary N) is 1. The Labute approximate surface area is 216 Å². The van der Waals surface area contributed by atoms with Gasteiger partial charge in [0.2, 0.25) is 11.8 Å². The average Bonchev–Trinajstić information content (AvgIpc) is 2.98. The number of imide groups is 1. The molecular formula is C30H32FN3O3. The molecule has 0 radical (unpaired) electrons. The van der Waals surface area contributed by atoms with Crippen LogP contribution in [0.2, 0.25) is 0 Å². The molecule has 0 aromatic heterocycles. The summed E-state index contributed by atoms with van der Waals surface area (Å²) in [6.45, 7) is 5.79. The summed E-state index contributed by atoms with van der Waals surface area (Å²) in [5, 5.41) is 2.86. The highest BCUT2D eigenvalue weighted by Crippen LogP contribution is 2.44. The lowest BCUT2D eigenvalue weighted by Gasteiger charge is -2.29. The number of carbonyl (C=O) groups is 3. The molecule has 2 unspecified atom stereocenters. The molecule has 6 nitrogen and oxygen atoms in total. The Morgan fingerprint density at radius 2 is 1.76 bits per heavy atom. The maximum atomic E-state index is 14.1. The third-order valence-electron chi connectivity index (χ3n) is 7.07. The normalized spacial score (nSPS) is 16.3. The van der Waals surface area contributed by atoms with Gasteiger partial charge in [-0.25, -0.2) is 9.29 Å². The zero-order valence-electron chi connectivity index (χ0n) is 21.3. The number of hydrogen-bond donors (Lipinski definition) is 2. The van der Waals surface area contributed by atoms with Crippen molar-refractivity contribution in [2.45, 2.75) is 52.0 Å². The van der Waals surface area contributed by atoms with E-state index in [2.05, 4.69) is 5.32 Å². The number of fused-ring (bicyclic) bond motifs is 3. The third kappa shape index (κ3) is 5.40. The quantitative estimate of drug-likeness (QED) is 0.435. The maximum Gasteiger partial charge on any atom is 0.256 e. The van der Waals surface area contributed by atoms with E-state index in [0.717, 1.165) is 17.5 Å². The van der Waals surface area contributed by atoms with Gasteiger partial charge in [0.05, 0.1) is 18.0 Å². The lowest BCUT2D eigenvalue weighted by atomic mass is 9.92. The van der Waals surface area contributed by atoms with Gasteiger partial charge in [-0.2, -0.15) is 0 Å². The van der Waals surface area contributed by atoms with Crippen LogP contribution in [0.25, 0.3) is 11.1 Å². The molecule has 3 amide bonds. The van der Waals surface area contributed by atoms with Crippen LogP contribution in [0.4, 0.5) is 15.8 Å². The summed E-state index contributed by atoms with van der Waals surface area (Å²) in [5.41, 5.74) is 10.1. The molecule has 0 fully saturated rings. The highest BCUT2D eigenvalue weighted by molar-refractivity contribution is 6.22. The number of rotatable bonds is 7. The van der Waals surface area contributed by atoms with E-state index in [1.807, 2.05) is 38.1 Å². The number of anilines is 2. The Hall–Kier alpha value is -4.00. The van der Waals surface area contributed by atoms with Gasteiger partial charge in [0.25, 0.3) is 5.91 Å². The van der Waals surface area contributed by atoms with E-state index in [9.17, 15) is 18.8 Å². The van der Waals surface area contributed by atoms with Crippen LogP contribution in [0.3, 0.4) is 0 Å². The van der Waals surface area contributed by atoms with E-state index in [-0.39, 0.29) is 30.0 Å². The van der Waals surface area contributed by atoms with Gasteiger partial charge >= 0.3 is 0 Å². The minimum atomic E-state index is -0.922. The van der Waals surface area contributed by atoms with Gasteiger partial charge in [-0.15, -0.1) is 0 Å². The van der Waals surface area contributed by atoms with Gasteiger partial charge < -0.3 is 11.1 Å². The third-order valence-corrected chi connectivity index (χ3v) is 7.07. The summed E-state index contributed by atoms with van der Waals surface area (Å²) in [4.78, 5) is 42.1. The predicted octanol–water partition coefficient (Wildman–Crippen LogP) is 5.22. The van der Waals surface area contributed by atoms with E-state index in [0.29, 0.717) is 28.9 Å². The number of nitrogen functional groups attached to an aromatic ring is 1. The predicted molar refractivity (Wildman–Crippen MR) is 143 cm³/mol. The van der Waals surface area contributed by atoms with Crippen molar-refractivity contribution in [1.29, 1.82) is 0 Å². The van der Waals surface area contributed by atoms with Crippen molar-refractivity contribution in [2.24, 2.45) is 5.92 Å². The van der Waals surface area contributed by atoms with E-state index in [1.54, 1.807) is 25.1 Å². The summed E-state index contributed by atoms with van der Waals surface area (Å²) in [5.74, 6) is -2.10. The zero-order chi connectivity index (χ0) is 26.7.